The van der Waals surface area contributed by atoms with Crippen molar-refractivity contribution < 1.29 is 9.34 Å². The Morgan fingerprint density at radius 1 is 1.32 bits per heavy atom. The van der Waals surface area contributed by atoms with E-state index in [2.05, 4.69) is 4.98 Å². The first-order valence-corrected chi connectivity index (χ1v) is 6.12. The Morgan fingerprint density at radius 2 is 2.00 bits per heavy atom. The Balaban J connectivity index is 2.28. The minimum atomic E-state index is -0.416. The van der Waals surface area contributed by atoms with E-state index < -0.39 is 4.92 Å². The van der Waals surface area contributed by atoms with Gasteiger partial charge in [-0.05, 0) is 25.5 Å². The highest BCUT2D eigenvalue weighted by Gasteiger charge is 2.14. The van der Waals surface area contributed by atoms with Crippen LogP contribution < -0.4 is 4.90 Å². The second kappa shape index (κ2) is 5.51. The molecule has 0 aliphatic carbocycles. The second-order valence-corrected chi connectivity index (χ2v) is 3.99. The zero-order valence-corrected chi connectivity index (χ0v) is 10.9. The molecule has 0 radical (unpaired) electrons. The molecule has 1 aromatic carbocycles. The summed E-state index contributed by atoms with van der Waals surface area (Å²) in [6.07, 6.45) is 2.44. The smallest absolute Gasteiger partial charge is 0.302 e. The van der Waals surface area contributed by atoms with Gasteiger partial charge >= 0.3 is 6.01 Å². The van der Waals surface area contributed by atoms with Gasteiger partial charge < -0.3 is 4.42 Å². The molecular formula is C13H15N3O3. The van der Waals surface area contributed by atoms with Crippen molar-refractivity contribution in [1.29, 1.82) is 0 Å². The van der Waals surface area contributed by atoms with Gasteiger partial charge in [-0.1, -0.05) is 6.92 Å². The molecule has 0 atom stereocenters. The summed E-state index contributed by atoms with van der Waals surface area (Å²) >= 11 is 0. The topological polar surface area (TPSA) is 72.4 Å². The second-order valence-electron chi connectivity index (χ2n) is 3.99. The van der Waals surface area contributed by atoms with Crippen LogP contribution in [0.5, 0.6) is 0 Å². The van der Waals surface area contributed by atoms with E-state index >= 15 is 0 Å². The number of nitro benzene ring substituents is 1. The number of anilines is 2. The first kappa shape index (κ1) is 13.1. The predicted octanol–water partition coefficient (Wildman–Crippen LogP) is 3.30. The minimum Gasteiger partial charge on any atom is -0.432 e. The summed E-state index contributed by atoms with van der Waals surface area (Å²) in [5, 5.41) is 10.6. The van der Waals surface area contributed by atoms with Gasteiger partial charge in [0.05, 0.1) is 10.6 Å². The van der Waals surface area contributed by atoms with E-state index in [9.17, 15) is 10.1 Å². The van der Waals surface area contributed by atoms with Gasteiger partial charge in [-0.2, -0.15) is 4.98 Å². The summed E-state index contributed by atoms with van der Waals surface area (Å²) < 4.78 is 5.42. The standard InChI is InChI=1S/C13H15N3O3/c1-3-10-9-19-13(14-10)15(4-2)11-5-7-12(8-6-11)16(17)18/h5-9H,3-4H2,1-2H3. The molecule has 0 unspecified atom stereocenters. The van der Waals surface area contributed by atoms with Crippen LogP contribution in [0.2, 0.25) is 0 Å². The lowest BCUT2D eigenvalue weighted by Gasteiger charge is -2.18. The molecule has 6 heteroatoms. The first-order chi connectivity index (χ1) is 9.15. The molecule has 0 aliphatic rings. The number of aryl methyl sites for hydroxylation is 1. The lowest BCUT2D eigenvalue weighted by molar-refractivity contribution is -0.384. The number of benzene rings is 1. The third-order valence-corrected chi connectivity index (χ3v) is 2.82. The van der Waals surface area contributed by atoms with Crippen LogP contribution in [0.4, 0.5) is 17.4 Å². The molecule has 0 saturated heterocycles. The summed E-state index contributed by atoms with van der Waals surface area (Å²) in [7, 11) is 0. The molecule has 19 heavy (non-hydrogen) atoms. The fourth-order valence-electron chi connectivity index (χ4n) is 1.77. The SMILES string of the molecule is CCc1coc(N(CC)c2ccc([N+](=O)[O-])cc2)n1. The Morgan fingerprint density at radius 3 is 2.47 bits per heavy atom. The Bertz CT molecular complexity index is 563. The average Bonchev–Trinajstić information content (AvgIpc) is 2.89. The van der Waals surface area contributed by atoms with Crippen LogP contribution in [0, 0.1) is 10.1 Å². The van der Waals surface area contributed by atoms with Crippen LogP contribution in [0.15, 0.2) is 34.9 Å². The van der Waals surface area contributed by atoms with Crippen LogP contribution in [-0.4, -0.2) is 16.5 Å². The predicted molar refractivity (Wildman–Crippen MR) is 71.7 cm³/mol. The quantitative estimate of drug-likeness (QED) is 0.610. The van der Waals surface area contributed by atoms with Gasteiger partial charge in [0, 0.05) is 24.4 Å². The molecule has 2 rings (SSSR count). The molecule has 1 aromatic heterocycles. The van der Waals surface area contributed by atoms with Gasteiger partial charge in [0.25, 0.3) is 5.69 Å². The number of aromatic nitrogens is 1. The van der Waals surface area contributed by atoms with Crippen LogP contribution >= 0.6 is 0 Å². The van der Waals surface area contributed by atoms with Crippen LogP contribution in [-0.2, 0) is 6.42 Å². The minimum absolute atomic E-state index is 0.0708. The van der Waals surface area contributed by atoms with E-state index in [1.807, 2.05) is 18.7 Å². The van der Waals surface area contributed by atoms with Crippen LogP contribution in [0.1, 0.15) is 19.5 Å². The molecule has 1 heterocycles. The number of nitrogens with zero attached hydrogens (tertiary/aromatic N) is 3. The number of non-ortho nitro benzene ring substituents is 1. The van der Waals surface area contributed by atoms with Crippen LogP contribution in [0.3, 0.4) is 0 Å². The summed E-state index contributed by atoms with van der Waals surface area (Å²) in [6, 6.07) is 6.84. The van der Waals surface area contributed by atoms with E-state index in [-0.39, 0.29) is 5.69 Å². The molecule has 0 amide bonds. The highest BCUT2D eigenvalue weighted by molar-refractivity contribution is 5.58. The van der Waals surface area contributed by atoms with Gasteiger partial charge in [0.2, 0.25) is 0 Å². The third-order valence-electron chi connectivity index (χ3n) is 2.82. The molecule has 0 spiro atoms. The van der Waals surface area contributed by atoms with Gasteiger partial charge in [0.15, 0.2) is 0 Å². The van der Waals surface area contributed by atoms with E-state index in [0.29, 0.717) is 12.6 Å². The zero-order valence-electron chi connectivity index (χ0n) is 10.9. The Hall–Kier alpha value is -2.37. The maximum absolute atomic E-state index is 10.6. The molecule has 0 N–H and O–H groups in total. The van der Waals surface area contributed by atoms with Gasteiger partial charge in [-0.15, -0.1) is 0 Å². The largest absolute Gasteiger partial charge is 0.432 e. The van der Waals surface area contributed by atoms with E-state index in [0.717, 1.165) is 17.8 Å². The molecule has 0 fully saturated rings. The maximum Gasteiger partial charge on any atom is 0.302 e. The number of nitro groups is 1. The average molecular weight is 261 g/mol. The van der Waals surface area contributed by atoms with Crippen molar-refractivity contribution in [2.75, 3.05) is 11.4 Å². The molecule has 0 saturated carbocycles. The van der Waals surface area contributed by atoms with Crippen molar-refractivity contribution >= 4 is 17.4 Å². The highest BCUT2D eigenvalue weighted by Crippen LogP contribution is 2.26. The summed E-state index contributed by atoms with van der Waals surface area (Å²) in [5.74, 6) is 0. The van der Waals surface area contributed by atoms with Crippen molar-refractivity contribution in [3.05, 3.63) is 46.3 Å². The van der Waals surface area contributed by atoms with Crippen molar-refractivity contribution in [3.8, 4) is 0 Å². The number of oxazole rings is 1. The fraction of sp³-hybridized carbons (Fsp3) is 0.308. The zero-order chi connectivity index (χ0) is 13.8. The van der Waals surface area contributed by atoms with E-state index in [1.54, 1.807) is 18.4 Å². The normalized spacial score (nSPS) is 10.4. The summed E-state index contributed by atoms with van der Waals surface area (Å²) in [5.41, 5.74) is 1.77. The number of rotatable bonds is 5. The number of hydrogen-bond donors (Lipinski definition) is 0. The van der Waals surface area contributed by atoms with E-state index in [1.165, 1.54) is 12.1 Å². The van der Waals surface area contributed by atoms with E-state index in [4.69, 9.17) is 4.42 Å². The molecule has 0 aliphatic heterocycles. The van der Waals surface area contributed by atoms with Gasteiger partial charge in [-0.3, -0.25) is 15.0 Å². The lowest BCUT2D eigenvalue weighted by atomic mass is 10.2. The highest BCUT2D eigenvalue weighted by atomic mass is 16.6. The fourth-order valence-corrected chi connectivity index (χ4v) is 1.77. The number of hydrogen-bond acceptors (Lipinski definition) is 5. The first-order valence-electron chi connectivity index (χ1n) is 6.12. The summed E-state index contributed by atoms with van der Waals surface area (Å²) in [4.78, 5) is 16.4. The molecule has 100 valence electrons. The molecule has 6 nitrogen and oxygen atoms in total. The van der Waals surface area contributed by atoms with Crippen LogP contribution in [0.25, 0.3) is 0 Å². The molecule has 0 bridgehead atoms. The molecule has 2 aromatic rings. The van der Waals surface area contributed by atoms with Crippen molar-refractivity contribution in [3.63, 3.8) is 0 Å². The Kier molecular flexibility index (Phi) is 3.79. The molecular weight excluding hydrogens is 246 g/mol. The van der Waals surface area contributed by atoms with Gasteiger partial charge in [-0.25, -0.2) is 0 Å². The van der Waals surface area contributed by atoms with Crippen molar-refractivity contribution in [2.45, 2.75) is 20.3 Å². The van der Waals surface area contributed by atoms with Crippen molar-refractivity contribution in [2.24, 2.45) is 0 Å². The summed E-state index contributed by atoms with van der Waals surface area (Å²) in [6.45, 7) is 4.64. The maximum atomic E-state index is 10.6. The third kappa shape index (κ3) is 2.73. The van der Waals surface area contributed by atoms with Gasteiger partial charge in [0.1, 0.15) is 6.26 Å². The Labute approximate surface area is 110 Å². The lowest BCUT2D eigenvalue weighted by Crippen LogP contribution is -2.16. The monoisotopic (exact) mass is 261 g/mol. The van der Waals surface area contributed by atoms with Crippen molar-refractivity contribution in [1.82, 2.24) is 4.98 Å².